The lowest BCUT2D eigenvalue weighted by Crippen LogP contribution is -2.60. The molecule has 0 saturated carbocycles. The number of ether oxygens (including phenoxy) is 5. The monoisotopic (exact) mass is 531 g/mol. The predicted octanol–water partition coefficient (Wildman–Crippen LogP) is 2.51. The third-order valence-electron chi connectivity index (χ3n) is 5.54. The number of aliphatic hydroxyl groups excluding tert-OH is 3. The molecule has 1 aromatic heterocycles. The first-order chi connectivity index (χ1) is 21.1. The van der Waals surface area contributed by atoms with E-state index in [1.165, 1.54) is 28.9 Å². The zero-order valence-corrected chi connectivity index (χ0v) is 20.7. The molecule has 1 aromatic carbocycles. The van der Waals surface area contributed by atoms with Gasteiger partial charge in [-0.15, -0.1) is 5.10 Å². The van der Waals surface area contributed by atoms with E-state index in [4.69, 9.17) is 31.3 Å². The van der Waals surface area contributed by atoms with Crippen molar-refractivity contribution in [1.29, 1.82) is 0 Å². The maximum Gasteiger partial charge on any atom is 0.508 e. The van der Waals surface area contributed by atoms with Crippen LogP contribution in [-0.4, -0.2) is 81.3 Å². The summed E-state index contributed by atoms with van der Waals surface area (Å²) in [6, 6.07) is 5.14. The minimum Gasteiger partial charge on any atom is -0.491 e. The second-order valence-electron chi connectivity index (χ2n) is 8.62. The third kappa shape index (κ3) is 7.13. The van der Waals surface area contributed by atoms with E-state index in [0.717, 1.165) is 0 Å². The zero-order chi connectivity index (χ0) is 34.8. The van der Waals surface area contributed by atoms with Crippen LogP contribution < -0.4 is 9.47 Å². The Morgan fingerprint density at radius 1 is 1.14 bits per heavy atom. The number of nitrogens with zero attached hydrogens (tertiary/aromatic N) is 2. The van der Waals surface area contributed by atoms with Crippen molar-refractivity contribution < 1.29 is 56.1 Å². The predicted molar refractivity (Wildman–Crippen MR) is 133 cm³/mol. The first-order valence-corrected chi connectivity index (χ1v) is 11.7. The van der Waals surface area contributed by atoms with Crippen molar-refractivity contribution in [1.82, 2.24) is 9.78 Å². The fourth-order valence-corrected chi connectivity index (χ4v) is 3.67. The Bertz CT molecular complexity index is 1300. The molecule has 1 aliphatic heterocycles. The SMILES string of the molecule is [2H]C([2H])([2H])c1c(Cc2ccc(OC(C([2H])([2H])[2H])C([2H])([2H])[2H])cc2)c(O[C@@H]2O[C@H](COC(=O)OCC)[C@@H](O)[C@H](O)[C@H]2O)nn1C(C)C. The van der Waals surface area contributed by atoms with Gasteiger partial charge in [0, 0.05) is 36.1 Å². The number of carbonyl (C=O) groups is 1. The number of rotatable bonds is 10. The van der Waals surface area contributed by atoms with Crippen molar-refractivity contribution in [2.75, 3.05) is 13.2 Å². The van der Waals surface area contributed by atoms with Crippen molar-refractivity contribution >= 4 is 6.16 Å². The van der Waals surface area contributed by atoms with Crippen LogP contribution >= 0.6 is 0 Å². The van der Waals surface area contributed by atoms with Gasteiger partial charge in [0.1, 0.15) is 36.8 Å². The van der Waals surface area contributed by atoms with E-state index in [9.17, 15) is 20.1 Å². The molecule has 0 radical (unpaired) electrons. The zero-order valence-electron chi connectivity index (χ0n) is 29.7. The van der Waals surface area contributed by atoms with Crippen LogP contribution in [0.2, 0.25) is 0 Å². The Morgan fingerprint density at radius 2 is 1.86 bits per heavy atom. The van der Waals surface area contributed by atoms with E-state index in [1.54, 1.807) is 20.8 Å². The maximum atomic E-state index is 11.6. The summed E-state index contributed by atoms with van der Waals surface area (Å²) >= 11 is 0. The number of aliphatic hydroxyl groups is 3. The van der Waals surface area contributed by atoms with Gasteiger partial charge in [-0.2, -0.15) is 0 Å². The molecule has 2 aromatic rings. The summed E-state index contributed by atoms with van der Waals surface area (Å²) in [5.41, 5.74) is 0.323. The molecule has 0 amide bonds. The molecule has 37 heavy (non-hydrogen) atoms. The summed E-state index contributed by atoms with van der Waals surface area (Å²) in [6.45, 7) is -4.21. The minimum atomic E-state index is -2.93. The molecule has 3 rings (SSSR count). The molecule has 0 unspecified atom stereocenters. The average Bonchev–Trinajstić information content (AvgIpc) is 3.29. The molecule has 0 aliphatic carbocycles. The highest BCUT2D eigenvalue weighted by Crippen LogP contribution is 2.31. The van der Waals surface area contributed by atoms with Crippen LogP contribution in [-0.2, 0) is 20.6 Å². The first kappa shape index (κ1) is 18.4. The molecule has 3 N–H and O–H groups in total. The molecule has 2 heterocycles. The molecule has 1 aliphatic rings. The summed E-state index contributed by atoms with van der Waals surface area (Å²) in [5.74, 6) is -0.323. The highest BCUT2D eigenvalue weighted by atomic mass is 16.7. The lowest BCUT2D eigenvalue weighted by molar-refractivity contribution is -0.278. The molecule has 206 valence electrons. The quantitative estimate of drug-likeness (QED) is 0.392. The Kier molecular flexibility index (Phi) is 6.26. The van der Waals surface area contributed by atoms with E-state index >= 15 is 0 Å². The Labute approximate surface area is 229 Å². The first-order valence-electron chi connectivity index (χ1n) is 16.2. The largest absolute Gasteiger partial charge is 0.508 e. The van der Waals surface area contributed by atoms with Gasteiger partial charge in [0.2, 0.25) is 12.2 Å². The van der Waals surface area contributed by atoms with Crippen molar-refractivity contribution in [3.05, 3.63) is 41.1 Å². The van der Waals surface area contributed by atoms with Gasteiger partial charge in [-0.1, -0.05) is 12.1 Å². The second-order valence-corrected chi connectivity index (χ2v) is 8.62. The fourth-order valence-electron chi connectivity index (χ4n) is 3.67. The van der Waals surface area contributed by atoms with E-state index in [1.807, 2.05) is 0 Å². The van der Waals surface area contributed by atoms with Crippen molar-refractivity contribution in [3.8, 4) is 11.6 Å². The second kappa shape index (κ2) is 12.6. The highest BCUT2D eigenvalue weighted by Gasteiger charge is 2.46. The fraction of sp³-hybridized carbons (Fsp3) is 0.615. The van der Waals surface area contributed by atoms with Gasteiger partial charge in [0.25, 0.3) is 0 Å². The van der Waals surface area contributed by atoms with Gasteiger partial charge in [0.15, 0.2) is 0 Å². The molecule has 0 bridgehead atoms. The highest BCUT2D eigenvalue weighted by molar-refractivity contribution is 5.59. The van der Waals surface area contributed by atoms with Gasteiger partial charge >= 0.3 is 6.16 Å². The van der Waals surface area contributed by atoms with Gasteiger partial charge in [-0.3, -0.25) is 4.68 Å². The van der Waals surface area contributed by atoms with Crippen molar-refractivity contribution in [3.63, 3.8) is 0 Å². The van der Waals surface area contributed by atoms with Crippen molar-refractivity contribution in [2.24, 2.45) is 0 Å². The van der Waals surface area contributed by atoms with Crippen LogP contribution in [0.15, 0.2) is 24.3 Å². The van der Waals surface area contributed by atoms with Gasteiger partial charge < -0.3 is 39.0 Å². The van der Waals surface area contributed by atoms with Crippen LogP contribution in [0.3, 0.4) is 0 Å². The standard InChI is InChI=1S/C26H38N2O9/c1-7-33-26(32)34-13-20-21(29)22(30)23(31)25(36-20)37-24-19(16(6)28(27-24)14(2)3)12-17-8-10-18(11-9-17)35-15(4)5/h8-11,14-15,20-23,25,29-31H,7,12-13H2,1-6H3/t20-,21-,22+,23-,25+/m1/s1/i4D3,5D3,6D3. The van der Waals surface area contributed by atoms with E-state index < -0.39 is 76.2 Å². The lowest BCUT2D eigenvalue weighted by atomic mass is 9.99. The van der Waals surface area contributed by atoms with Crippen LogP contribution in [0.1, 0.15) is 69.7 Å². The number of aromatic nitrogens is 2. The molecule has 0 spiro atoms. The van der Waals surface area contributed by atoms with E-state index in [0.29, 0.717) is 5.56 Å². The number of benzene rings is 1. The summed E-state index contributed by atoms with van der Waals surface area (Å²) in [6.07, 6.45) is -11.7. The topological polar surface area (TPSA) is 142 Å². The van der Waals surface area contributed by atoms with Gasteiger partial charge in [-0.25, -0.2) is 4.79 Å². The maximum absolute atomic E-state index is 11.6. The molecule has 1 fully saturated rings. The van der Waals surface area contributed by atoms with Gasteiger partial charge in [-0.05, 0) is 59.0 Å². The minimum absolute atomic E-state index is 0.0217. The third-order valence-corrected chi connectivity index (χ3v) is 5.54. The molecule has 1 saturated heterocycles. The molecular weight excluding hydrogens is 484 g/mol. The number of carbonyl (C=O) groups excluding carboxylic acids is 1. The Balaban J connectivity index is 1.95. The van der Waals surface area contributed by atoms with Crippen molar-refractivity contribution in [2.45, 2.75) is 90.6 Å². The van der Waals surface area contributed by atoms with E-state index in [-0.39, 0.29) is 35.9 Å². The van der Waals surface area contributed by atoms with Crippen LogP contribution in [0.25, 0.3) is 0 Å². The molecule has 11 nitrogen and oxygen atoms in total. The normalized spacial score (nSPS) is 28.4. The summed E-state index contributed by atoms with van der Waals surface area (Å²) in [5, 5.41) is 35.8. The molecular formula is C26H38N2O9. The van der Waals surface area contributed by atoms with Crippen LogP contribution in [0.4, 0.5) is 4.79 Å². The number of hydrogen-bond donors (Lipinski definition) is 3. The molecule has 5 atom stereocenters. The Morgan fingerprint density at radius 3 is 2.49 bits per heavy atom. The Hall–Kier alpha value is -2.86. The van der Waals surface area contributed by atoms with Gasteiger partial charge in [0.05, 0.1) is 12.7 Å². The lowest BCUT2D eigenvalue weighted by Gasteiger charge is -2.39. The van der Waals surface area contributed by atoms with Crippen LogP contribution in [0, 0.1) is 6.85 Å². The summed E-state index contributed by atoms with van der Waals surface area (Å²) < 4.78 is 97.3. The van der Waals surface area contributed by atoms with E-state index in [2.05, 4.69) is 9.84 Å². The van der Waals surface area contributed by atoms with Crippen LogP contribution in [0.5, 0.6) is 11.6 Å². The smallest absolute Gasteiger partial charge is 0.491 e. The number of hydrogen-bond acceptors (Lipinski definition) is 10. The molecule has 11 heteroatoms. The summed E-state index contributed by atoms with van der Waals surface area (Å²) in [7, 11) is 0. The average molecular weight is 532 g/mol. The summed E-state index contributed by atoms with van der Waals surface area (Å²) in [4.78, 5) is 11.6.